The Bertz CT molecular complexity index is 698. The van der Waals surface area contributed by atoms with Gasteiger partial charge in [-0.15, -0.1) is 0 Å². The molecule has 1 amide bonds. The number of guanidine groups is 1. The maximum Gasteiger partial charge on any atom is 0.234 e. The van der Waals surface area contributed by atoms with Gasteiger partial charge in [0.25, 0.3) is 0 Å². The minimum absolute atomic E-state index is 0.132. The van der Waals surface area contributed by atoms with Crippen LogP contribution in [0.15, 0.2) is 35.3 Å². The second-order valence-corrected chi connectivity index (χ2v) is 9.40. The zero-order chi connectivity index (χ0) is 23.4. The highest BCUT2D eigenvalue weighted by Gasteiger charge is 2.23. The lowest BCUT2D eigenvalue weighted by Crippen LogP contribution is -2.51. The summed E-state index contributed by atoms with van der Waals surface area (Å²) in [5.74, 6) is 1.00. The van der Waals surface area contributed by atoms with Crippen LogP contribution < -0.4 is 21.3 Å². The van der Waals surface area contributed by atoms with Crippen molar-refractivity contribution in [3.8, 4) is 0 Å². The number of nitrogens with one attached hydrogen (secondary N) is 4. The molecular formula is C25H44N6O. The molecule has 1 saturated heterocycles. The van der Waals surface area contributed by atoms with Gasteiger partial charge in [0.05, 0.1) is 13.1 Å². The Morgan fingerprint density at radius 1 is 1.16 bits per heavy atom. The van der Waals surface area contributed by atoms with Gasteiger partial charge in [0.15, 0.2) is 5.96 Å². The minimum atomic E-state index is -0.132. The molecule has 0 saturated carbocycles. The third kappa shape index (κ3) is 9.57. The molecule has 1 aliphatic rings. The number of carbonyl (C=O) groups excluding carboxylic acids is 1. The van der Waals surface area contributed by atoms with Crippen LogP contribution in [0.1, 0.15) is 65.5 Å². The maximum atomic E-state index is 12.0. The zero-order valence-corrected chi connectivity index (χ0v) is 20.7. The van der Waals surface area contributed by atoms with Crippen molar-refractivity contribution in [2.75, 3.05) is 39.3 Å². The molecule has 1 aliphatic heterocycles. The Morgan fingerprint density at radius 3 is 2.47 bits per heavy atom. The lowest BCUT2D eigenvalue weighted by molar-refractivity contribution is -0.122. The van der Waals surface area contributed by atoms with Crippen molar-refractivity contribution in [1.29, 1.82) is 0 Å². The van der Waals surface area contributed by atoms with Gasteiger partial charge in [0.2, 0.25) is 5.91 Å². The van der Waals surface area contributed by atoms with Crippen molar-refractivity contribution >= 4 is 11.9 Å². The van der Waals surface area contributed by atoms with Gasteiger partial charge in [-0.05, 0) is 52.5 Å². The number of benzene rings is 1. The zero-order valence-electron chi connectivity index (χ0n) is 20.7. The van der Waals surface area contributed by atoms with Crippen molar-refractivity contribution in [3.63, 3.8) is 0 Å². The first-order valence-electron chi connectivity index (χ1n) is 12.2. The lowest BCUT2D eigenvalue weighted by Gasteiger charge is -2.33. The van der Waals surface area contributed by atoms with E-state index in [-0.39, 0.29) is 17.5 Å². The predicted octanol–water partition coefficient (Wildman–Crippen LogP) is 2.66. The molecule has 1 atom stereocenters. The van der Waals surface area contributed by atoms with Crippen LogP contribution in [-0.2, 0) is 4.79 Å². The summed E-state index contributed by atoms with van der Waals surface area (Å²) < 4.78 is 0. The summed E-state index contributed by atoms with van der Waals surface area (Å²) in [5.41, 5.74) is 1.15. The van der Waals surface area contributed by atoms with Crippen molar-refractivity contribution in [2.24, 2.45) is 4.99 Å². The monoisotopic (exact) mass is 444 g/mol. The Hall–Kier alpha value is -2.12. The van der Waals surface area contributed by atoms with Gasteiger partial charge in [-0.2, -0.15) is 0 Å². The van der Waals surface area contributed by atoms with Crippen LogP contribution in [0.2, 0.25) is 0 Å². The van der Waals surface area contributed by atoms with E-state index in [1.165, 1.54) is 5.56 Å². The minimum Gasteiger partial charge on any atom is -0.357 e. The fourth-order valence-corrected chi connectivity index (χ4v) is 4.01. The number of amides is 1. The summed E-state index contributed by atoms with van der Waals surface area (Å²) in [5, 5.41) is 13.7. The lowest BCUT2D eigenvalue weighted by atomic mass is 10.0. The highest BCUT2D eigenvalue weighted by molar-refractivity contribution is 5.80. The molecule has 2 rings (SSSR count). The molecule has 1 heterocycles. The quantitative estimate of drug-likeness (QED) is 0.312. The van der Waals surface area contributed by atoms with E-state index in [1.54, 1.807) is 0 Å². The Labute approximate surface area is 194 Å². The highest BCUT2D eigenvalue weighted by atomic mass is 16.2. The normalized spacial score (nSPS) is 17.1. The van der Waals surface area contributed by atoms with Crippen LogP contribution in [-0.4, -0.2) is 67.6 Å². The van der Waals surface area contributed by atoms with Gasteiger partial charge >= 0.3 is 0 Å². The van der Waals surface area contributed by atoms with Crippen LogP contribution in [0, 0.1) is 0 Å². The molecule has 0 radical (unpaired) electrons. The molecule has 1 aromatic rings. The molecule has 32 heavy (non-hydrogen) atoms. The van der Waals surface area contributed by atoms with Crippen molar-refractivity contribution in [2.45, 2.75) is 71.5 Å². The number of aliphatic imine (C=N–C) groups is 1. The molecule has 1 aromatic carbocycles. The van der Waals surface area contributed by atoms with Crippen LogP contribution >= 0.6 is 0 Å². The summed E-state index contributed by atoms with van der Waals surface area (Å²) in [6.45, 7) is 15.4. The topological polar surface area (TPSA) is 80.8 Å². The number of nitrogens with zero attached hydrogens (tertiary/aromatic N) is 2. The Kier molecular flexibility index (Phi) is 11.0. The van der Waals surface area contributed by atoms with E-state index in [0.717, 1.165) is 51.4 Å². The maximum absolute atomic E-state index is 12.0. The molecule has 1 unspecified atom stereocenters. The smallest absolute Gasteiger partial charge is 0.234 e. The van der Waals surface area contributed by atoms with Crippen LogP contribution in [0.4, 0.5) is 0 Å². The number of likely N-dealkylation sites (tertiary alicyclic amines) is 1. The van der Waals surface area contributed by atoms with E-state index >= 15 is 0 Å². The van der Waals surface area contributed by atoms with Gasteiger partial charge in [0, 0.05) is 43.8 Å². The number of rotatable bonds is 11. The first kappa shape index (κ1) is 26.1. The van der Waals surface area contributed by atoms with Gasteiger partial charge in [-0.3, -0.25) is 14.7 Å². The Balaban J connectivity index is 1.83. The summed E-state index contributed by atoms with van der Waals surface area (Å²) in [4.78, 5) is 19.1. The molecular weight excluding hydrogens is 400 g/mol. The summed E-state index contributed by atoms with van der Waals surface area (Å²) in [7, 11) is 0. The molecule has 7 heteroatoms. The van der Waals surface area contributed by atoms with Crippen molar-refractivity contribution < 1.29 is 4.79 Å². The van der Waals surface area contributed by atoms with Crippen LogP contribution in [0.5, 0.6) is 0 Å². The third-order valence-corrected chi connectivity index (χ3v) is 5.75. The molecule has 0 aromatic heterocycles. The third-order valence-electron chi connectivity index (χ3n) is 5.75. The first-order chi connectivity index (χ1) is 15.3. The van der Waals surface area contributed by atoms with E-state index < -0.39 is 0 Å². The fourth-order valence-electron chi connectivity index (χ4n) is 4.01. The van der Waals surface area contributed by atoms with Gasteiger partial charge in [-0.25, -0.2) is 0 Å². The van der Waals surface area contributed by atoms with Crippen molar-refractivity contribution in [1.82, 2.24) is 26.2 Å². The van der Waals surface area contributed by atoms with Crippen molar-refractivity contribution in [3.05, 3.63) is 35.9 Å². The number of hydrogen-bond donors (Lipinski definition) is 4. The number of piperidine rings is 1. The van der Waals surface area contributed by atoms with E-state index in [2.05, 4.69) is 85.1 Å². The summed E-state index contributed by atoms with van der Waals surface area (Å²) in [6, 6.07) is 11.2. The number of hydrogen-bond acceptors (Lipinski definition) is 4. The van der Waals surface area contributed by atoms with Gasteiger partial charge in [0.1, 0.15) is 0 Å². The molecule has 0 aliphatic carbocycles. The largest absolute Gasteiger partial charge is 0.357 e. The molecule has 1 fully saturated rings. The molecule has 7 nitrogen and oxygen atoms in total. The van der Waals surface area contributed by atoms with Gasteiger partial charge in [-0.1, -0.05) is 37.3 Å². The van der Waals surface area contributed by atoms with E-state index in [0.29, 0.717) is 19.1 Å². The average Bonchev–Trinajstić information content (AvgIpc) is 2.78. The summed E-state index contributed by atoms with van der Waals surface area (Å²) >= 11 is 0. The average molecular weight is 445 g/mol. The first-order valence-corrected chi connectivity index (χ1v) is 12.2. The summed E-state index contributed by atoms with van der Waals surface area (Å²) in [6.07, 6.45) is 3.00. The molecule has 180 valence electrons. The standard InChI is InChI=1S/C25H44N6O/c1-6-15-27-23(32)18-31-16-13-22(14-17-31)29-24(26-7-2)28-19-25(4,5)30-20(3)21-11-9-8-10-12-21/h8-12,20,22,30H,6-7,13-19H2,1-5H3,(H,27,32)(H2,26,28,29). The van der Waals surface area contributed by atoms with Crippen LogP contribution in [0.25, 0.3) is 0 Å². The SMILES string of the molecule is CCCNC(=O)CN1CCC(NC(=NCC(C)(C)NC(C)c2ccccc2)NCC)CC1. The molecule has 4 N–H and O–H groups in total. The van der Waals surface area contributed by atoms with Gasteiger partial charge < -0.3 is 21.3 Å². The highest BCUT2D eigenvalue weighted by Crippen LogP contribution is 2.16. The van der Waals surface area contributed by atoms with E-state index in [9.17, 15) is 4.79 Å². The Morgan fingerprint density at radius 2 is 1.84 bits per heavy atom. The molecule has 0 spiro atoms. The predicted molar refractivity (Wildman–Crippen MR) is 134 cm³/mol. The fraction of sp³-hybridized carbons (Fsp3) is 0.680. The van der Waals surface area contributed by atoms with Crippen LogP contribution in [0.3, 0.4) is 0 Å². The second kappa shape index (κ2) is 13.4. The van der Waals surface area contributed by atoms with E-state index in [1.807, 2.05) is 6.07 Å². The number of carbonyl (C=O) groups is 1. The van der Waals surface area contributed by atoms with E-state index in [4.69, 9.17) is 4.99 Å². The second-order valence-electron chi connectivity index (χ2n) is 9.40. The molecule has 0 bridgehead atoms.